The quantitative estimate of drug-likeness (QED) is 0.775. The first-order chi connectivity index (χ1) is 13.7. The number of amides is 1. The van der Waals surface area contributed by atoms with Crippen molar-refractivity contribution in [2.24, 2.45) is 0 Å². The van der Waals surface area contributed by atoms with Crippen molar-refractivity contribution in [2.45, 2.75) is 43.8 Å². The molecule has 1 saturated carbocycles. The largest absolute Gasteiger partial charge is 0.497 e. The number of carbonyl (C=O) groups is 1. The summed E-state index contributed by atoms with van der Waals surface area (Å²) in [7, 11) is 3.36. The van der Waals surface area contributed by atoms with Gasteiger partial charge < -0.3 is 19.7 Å². The van der Waals surface area contributed by atoms with Crippen LogP contribution in [-0.2, 0) is 4.79 Å². The lowest BCUT2D eigenvalue weighted by Gasteiger charge is -2.30. The molecule has 0 aromatic heterocycles. The van der Waals surface area contributed by atoms with Crippen molar-refractivity contribution in [3.8, 4) is 11.5 Å². The zero-order valence-corrected chi connectivity index (χ0v) is 16.6. The second-order valence-electron chi connectivity index (χ2n) is 7.75. The zero-order chi connectivity index (χ0) is 19.5. The lowest BCUT2D eigenvalue weighted by atomic mass is 9.98. The minimum Gasteiger partial charge on any atom is -0.497 e. The number of nitrogens with one attached hydrogen (secondary N) is 2. The minimum absolute atomic E-state index is 0.142. The fraction of sp³-hybridized carbons (Fsp3) is 0.435. The summed E-state index contributed by atoms with van der Waals surface area (Å²) in [6, 6.07) is 16.6. The van der Waals surface area contributed by atoms with Crippen molar-refractivity contribution in [3.05, 3.63) is 59.7 Å². The molecule has 2 N–H and O–H groups in total. The second-order valence-corrected chi connectivity index (χ2v) is 7.75. The van der Waals surface area contributed by atoms with Gasteiger partial charge in [0.1, 0.15) is 17.5 Å². The Morgan fingerprint density at radius 3 is 2.54 bits per heavy atom. The number of methoxy groups -OCH3 is 2. The number of hydrogen-bond donors (Lipinski definition) is 2. The molecule has 2 fully saturated rings. The number of quaternary nitrogens is 1. The van der Waals surface area contributed by atoms with Gasteiger partial charge in [-0.3, -0.25) is 4.79 Å². The summed E-state index contributed by atoms with van der Waals surface area (Å²) in [6.07, 6.45) is 4.32. The summed E-state index contributed by atoms with van der Waals surface area (Å²) in [5, 5.41) is 3.24. The van der Waals surface area contributed by atoms with E-state index in [9.17, 15) is 4.79 Å². The van der Waals surface area contributed by atoms with Crippen LogP contribution in [0.25, 0.3) is 0 Å². The number of ether oxygens (including phenoxy) is 2. The van der Waals surface area contributed by atoms with Crippen LogP contribution >= 0.6 is 0 Å². The predicted molar refractivity (Wildman–Crippen MR) is 108 cm³/mol. The summed E-state index contributed by atoms with van der Waals surface area (Å²) in [5.74, 6) is 1.76. The number of rotatable bonds is 7. The van der Waals surface area contributed by atoms with Crippen LogP contribution in [0.1, 0.15) is 48.9 Å². The monoisotopic (exact) mass is 381 g/mol. The van der Waals surface area contributed by atoms with Gasteiger partial charge in [-0.1, -0.05) is 30.3 Å². The average Bonchev–Trinajstić information content (AvgIpc) is 3.42. The Balaban J connectivity index is 1.68. The van der Waals surface area contributed by atoms with E-state index in [1.165, 1.54) is 4.90 Å². The minimum atomic E-state index is -0.207. The molecule has 1 aliphatic heterocycles. The predicted octanol–water partition coefficient (Wildman–Crippen LogP) is 2.44. The molecule has 2 aromatic rings. The van der Waals surface area contributed by atoms with Gasteiger partial charge in [-0.2, -0.15) is 0 Å². The van der Waals surface area contributed by atoms with Crippen molar-refractivity contribution < 1.29 is 19.2 Å². The normalized spacial score (nSPS) is 22.5. The van der Waals surface area contributed by atoms with E-state index in [-0.39, 0.29) is 18.0 Å². The van der Waals surface area contributed by atoms with Crippen LogP contribution in [0.15, 0.2) is 48.5 Å². The van der Waals surface area contributed by atoms with E-state index >= 15 is 0 Å². The molecule has 1 heterocycles. The second kappa shape index (κ2) is 8.23. The van der Waals surface area contributed by atoms with E-state index < -0.39 is 0 Å². The maximum atomic E-state index is 13.2. The average molecular weight is 381 g/mol. The molecular weight excluding hydrogens is 352 g/mol. The Kier molecular flexibility index (Phi) is 5.53. The number of likely N-dealkylation sites (tertiary alicyclic amines) is 1. The first-order valence-corrected chi connectivity index (χ1v) is 10.1. The van der Waals surface area contributed by atoms with Crippen molar-refractivity contribution >= 4 is 5.91 Å². The van der Waals surface area contributed by atoms with Crippen LogP contribution in [-0.4, -0.2) is 32.7 Å². The third kappa shape index (κ3) is 3.85. The van der Waals surface area contributed by atoms with E-state index in [2.05, 4.69) is 23.5 Å². The van der Waals surface area contributed by atoms with Crippen molar-refractivity contribution in [1.82, 2.24) is 5.32 Å². The molecule has 4 rings (SSSR count). The highest BCUT2D eigenvalue weighted by molar-refractivity contribution is 5.82. The molecule has 5 heteroatoms. The molecule has 5 nitrogen and oxygen atoms in total. The summed E-state index contributed by atoms with van der Waals surface area (Å²) in [4.78, 5) is 14.5. The molecule has 1 amide bonds. The Bertz CT molecular complexity index is 820. The number of carbonyl (C=O) groups excluding carboxylic acids is 1. The van der Waals surface area contributed by atoms with Gasteiger partial charge in [-0.25, -0.2) is 0 Å². The Morgan fingerprint density at radius 1 is 1.07 bits per heavy atom. The van der Waals surface area contributed by atoms with Gasteiger partial charge in [0.15, 0.2) is 6.04 Å². The van der Waals surface area contributed by atoms with Gasteiger partial charge in [-0.05, 0) is 25.0 Å². The van der Waals surface area contributed by atoms with Crippen molar-refractivity contribution in [1.29, 1.82) is 0 Å². The molecule has 0 radical (unpaired) electrons. The first kappa shape index (κ1) is 18.8. The highest BCUT2D eigenvalue weighted by Gasteiger charge is 2.42. The third-order valence-electron chi connectivity index (χ3n) is 5.91. The Morgan fingerprint density at radius 2 is 1.86 bits per heavy atom. The van der Waals surface area contributed by atoms with E-state index in [0.29, 0.717) is 6.04 Å². The lowest BCUT2D eigenvalue weighted by molar-refractivity contribution is -0.940. The van der Waals surface area contributed by atoms with E-state index in [1.807, 2.05) is 30.3 Å². The fourth-order valence-electron chi connectivity index (χ4n) is 4.37. The standard InChI is InChI=1S/C23H28N2O3/c1-27-18-12-13-19(21(15-18)28-2)20-9-6-14-25(20)22(16-7-4-3-5-8-16)23(26)24-17-10-11-17/h3-5,7-8,12-13,15,17,20,22H,6,9-11,14H2,1-2H3,(H,24,26)/p+1/t20-,22+/m1/s1. The van der Waals surface area contributed by atoms with E-state index in [0.717, 1.165) is 54.9 Å². The maximum absolute atomic E-state index is 13.2. The molecule has 1 saturated heterocycles. The Hall–Kier alpha value is -2.53. The molecule has 148 valence electrons. The summed E-state index contributed by atoms with van der Waals surface area (Å²) >= 11 is 0. The van der Waals surface area contributed by atoms with Crippen LogP contribution in [0.4, 0.5) is 0 Å². The first-order valence-electron chi connectivity index (χ1n) is 10.1. The molecular formula is C23H29N2O3+. The van der Waals surface area contributed by atoms with E-state index in [4.69, 9.17) is 9.47 Å². The maximum Gasteiger partial charge on any atom is 0.283 e. The molecule has 1 aliphatic carbocycles. The number of hydrogen-bond acceptors (Lipinski definition) is 3. The number of benzene rings is 2. The molecule has 28 heavy (non-hydrogen) atoms. The SMILES string of the molecule is COc1ccc([C@H]2CCC[NH+]2[C@H](C(=O)NC2CC2)c2ccccc2)c(OC)c1. The van der Waals surface area contributed by atoms with Gasteiger partial charge in [0.2, 0.25) is 0 Å². The van der Waals surface area contributed by atoms with Gasteiger partial charge in [-0.15, -0.1) is 0 Å². The summed E-state index contributed by atoms with van der Waals surface area (Å²) in [5.41, 5.74) is 2.23. The summed E-state index contributed by atoms with van der Waals surface area (Å²) < 4.78 is 11.0. The van der Waals surface area contributed by atoms with Crippen LogP contribution < -0.4 is 19.7 Å². The van der Waals surface area contributed by atoms with E-state index in [1.54, 1.807) is 14.2 Å². The molecule has 1 unspecified atom stereocenters. The smallest absolute Gasteiger partial charge is 0.283 e. The third-order valence-corrected chi connectivity index (χ3v) is 5.91. The van der Waals surface area contributed by atoms with Crippen molar-refractivity contribution in [2.75, 3.05) is 20.8 Å². The van der Waals surface area contributed by atoms with Crippen LogP contribution in [0.2, 0.25) is 0 Å². The van der Waals surface area contributed by atoms with Gasteiger partial charge >= 0.3 is 0 Å². The summed E-state index contributed by atoms with van der Waals surface area (Å²) in [6.45, 7) is 0.970. The van der Waals surface area contributed by atoms with Crippen molar-refractivity contribution in [3.63, 3.8) is 0 Å². The zero-order valence-electron chi connectivity index (χ0n) is 16.6. The Labute approximate surface area is 166 Å². The van der Waals surface area contributed by atoms with Gasteiger partial charge in [0.25, 0.3) is 5.91 Å². The topological polar surface area (TPSA) is 52.0 Å². The molecule has 0 bridgehead atoms. The highest BCUT2D eigenvalue weighted by atomic mass is 16.5. The van der Waals surface area contributed by atoms with Crippen LogP contribution in [0.5, 0.6) is 11.5 Å². The highest BCUT2D eigenvalue weighted by Crippen LogP contribution is 2.33. The van der Waals surface area contributed by atoms with Gasteiger partial charge in [0.05, 0.1) is 26.3 Å². The molecule has 2 aromatic carbocycles. The molecule has 2 aliphatic rings. The lowest BCUT2D eigenvalue weighted by Crippen LogP contribution is -3.11. The van der Waals surface area contributed by atoms with Gasteiger partial charge in [0, 0.05) is 30.5 Å². The molecule has 0 spiro atoms. The van der Waals surface area contributed by atoms with Crippen LogP contribution in [0, 0.1) is 0 Å². The fourth-order valence-corrected chi connectivity index (χ4v) is 4.37. The van der Waals surface area contributed by atoms with Crippen LogP contribution in [0.3, 0.4) is 0 Å². The molecule has 3 atom stereocenters.